The number of amides is 2. The van der Waals surface area contributed by atoms with Gasteiger partial charge in [0.1, 0.15) is 12.1 Å². The van der Waals surface area contributed by atoms with Crippen LogP contribution >= 0.6 is 0 Å². The molecule has 2 saturated carbocycles. The second-order valence-electron chi connectivity index (χ2n) is 7.24. The highest BCUT2D eigenvalue weighted by atomic mass is 16.5. The van der Waals surface area contributed by atoms with Gasteiger partial charge in [0, 0.05) is 6.54 Å². The highest BCUT2D eigenvalue weighted by molar-refractivity contribution is 5.97. The van der Waals surface area contributed by atoms with E-state index in [0.29, 0.717) is 18.4 Å². The number of nitrogens with zero attached hydrogens (tertiary/aromatic N) is 1. The van der Waals surface area contributed by atoms with Crippen LogP contribution in [0.25, 0.3) is 0 Å². The Bertz CT molecular complexity index is 458. The summed E-state index contributed by atoms with van der Waals surface area (Å²) in [5.74, 6) is 0.942. The summed E-state index contributed by atoms with van der Waals surface area (Å²) in [7, 11) is 0. The normalized spacial score (nSPS) is 40.5. The number of hydrogen-bond acceptors (Lipinski definition) is 3. The molecule has 21 heavy (non-hydrogen) atoms. The van der Waals surface area contributed by atoms with Gasteiger partial charge in [-0.05, 0) is 57.3 Å². The summed E-state index contributed by atoms with van der Waals surface area (Å²) in [5, 5.41) is 2.99. The number of nitrogens with one attached hydrogen (secondary N) is 1. The van der Waals surface area contributed by atoms with E-state index in [0.717, 1.165) is 38.5 Å². The Kier molecular flexibility index (Phi) is 3.21. The Morgan fingerprint density at radius 1 is 1.10 bits per heavy atom. The molecule has 4 unspecified atom stereocenters. The van der Waals surface area contributed by atoms with Gasteiger partial charge in [0.15, 0.2) is 0 Å². The summed E-state index contributed by atoms with van der Waals surface area (Å²) in [4.78, 5) is 27.2. The van der Waals surface area contributed by atoms with Crippen LogP contribution in [0.2, 0.25) is 0 Å². The van der Waals surface area contributed by atoms with Crippen LogP contribution < -0.4 is 5.32 Å². The SMILES string of the molecule is CC1CCC(CN2C(=O)C(C3CC3)NC(=O)C2C2CC2)O1. The van der Waals surface area contributed by atoms with Crippen molar-refractivity contribution in [2.75, 3.05) is 6.54 Å². The van der Waals surface area contributed by atoms with Crippen molar-refractivity contribution < 1.29 is 14.3 Å². The molecule has 1 N–H and O–H groups in total. The van der Waals surface area contributed by atoms with Crippen molar-refractivity contribution in [1.82, 2.24) is 10.2 Å². The second kappa shape index (κ2) is 4.97. The van der Waals surface area contributed by atoms with Crippen molar-refractivity contribution in [3.05, 3.63) is 0 Å². The number of hydrogen-bond donors (Lipinski definition) is 1. The maximum absolute atomic E-state index is 12.8. The first-order chi connectivity index (χ1) is 10.1. The molecule has 4 aliphatic rings. The zero-order chi connectivity index (χ0) is 14.6. The van der Waals surface area contributed by atoms with Gasteiger partial charge in [-0.1, -0.05) is 0 Å². The maximum atomic E-state index is 12.8. The highest BCUT2D eigenvalue weighted by Crippen LogP contribution is 2.41. The third kappa shape index (κ3) is 2.56. The minimum Gasteiger partial charge on any atom is -0.373 e. The first-order valence-electron chi connectivity index (χ1n) is 8.40. The quantitative estimate of drug-likeness (QED) is 0.843. The summed E-state index contributed by atoms with van der Waals surface area (Å²) in [6.07, 6.45) is 6.70. The average Bonchev–Trinajstić information content (AvgIpc) is 3.33. The Morgan fingerprint density at radius 2 is 1.81 bits per heavy atom. The molecule has 0 aromatic carbocycles. The van der Waals surface area contributed by atoms with Crippen molar-refractivity contribution in [2.24, 2.45) is 11.8 Å². The Morgan fingerprint density at radius 3 is 2.38 bits per heavy atom. The van der Waals surface area contributed by atoms with Crippen LogP contribution in [0, 0.1) is 11.8 Å². The topological polar surface area (TPSA) is 58.6 Å². The lowest BCUT2D eigenvalue weighted by Gasteiger charge is -2.40. The molecule has 5 heteroatoms. The number of carbonyl (C=O) groups is 2. The summed E-state index contributed by atoms with van der Waals surface area (Å²) in [6.45, 7) is 2.68. The number of ether oxygens (including phenoxy) is 1. The summed E-state index contributed by atoms with van der Waals surface area (Å²) in [6, 6.07) is -0.515. The fraction of sp³-hybridized carbons (Fsp3) is 0.875. The Balaban J connectivity index is 1.52. The van der Waals surface area contributed by atoms with Crippen molar-refractivity contribution in [3.63, 3.8) is 0 Å². The monoisotopic (exact) mass is 292 g/mol. The lowest BCUT2D eigenvalue weighted by molar-refractivity contribution is -0.153. The van der Waals surface area contributed by atoms with Crippen LogP contribution in [0.5, 0.6) is 0 Å². The highest BCUT2D eigenvalue weighted by Gasteiger charge is 2.51. The van der Waals surface area contributed by atoms with Gasteiger partial charge in [0.05, 0.1) is 12.2 Å². The van der Waals surface area contributed by atoms with Gasteiger partial charge in [0.2, 0.25) is 11.8 Å². The van der Waals surface area contributed by atoms with Crippen molar-refractivity contribution >= 4 is 11.8 Å². The van der Waals surface area contributed by atoms with Crippen LogP contribution in [0.3, 0.4) is 0 Å². The fourth-order valence-corrected chi connectivity index (χ4v) is 3.83. The Labute approximate surface area is 125 Å². The molecular formula is C16H24N2O3. The molecule has 2 aliphatic heterocycles. The molecule has 2 amide bonds. The predicted molar refractivity (Wildman–Crippen MR) is 76.4 cm³/mol. The van der Waals surface area contributed by atoms with E-state index in [1.165, 1.54) is 0 Å². The van der Waals surface area contributed by atoms with Gasteiger partial charge in [-0.25, -0.2) is 0 Å². The average molecular weight is 292 g/mol. The summed E-state index contributed by atoms with van der Waals surface area (Å²) < 4.78 is 5.88. The van der Waals surface area contributed by atoms with Crippen LogP contribution in [0.15, 0.2) is 0 Å². The number of carbonyl (C=O) groups excluding carboxylic acids is 2. The van der Waals surface area contributed by atoms with E-state index in [1.807, 2.05) is 4.90 Å². The van der Waals surface area contributed by atoms with Gasteiger partial charge in [-0.2, -0.15) is 0 Å². The molecule has 4 rings (SSSR count). The maximum Gasteiger partial charge on any atom is 0.246 e. The standard InChI is InChI=1S/C16H24N2O3/c1-9-2-7-12(21-9)8-18-14(11-5-6-11)15(19)17-13(16(18)20)10-3-4-10/h9-14H,2-8H2,1H3,(H,17,19). The van der Waals surface area contributed by atoms with Gasteiger partial charge < -0.3 is 15.0 Å². The molecule has 5 nitrogen and oxygen atoms in total. The van der Waals surface area contributed by atoms with E-state index in [1.54, 1.807) is 0 Å². The minimum atomic E-state index is -0.272. The lowest BCUT2D eigenvalue weighted by atomic mass is 9.99. The number of piperazine rings is 1. The van der Waals surface area contributed by atoms with Crippen LogP contribution in [0.4, 0.5) is 0 Å². The minimum absolute atomic E-state index is 0.0695. The first-order valence-corrected chi connectivity index (χ1v) is 8.40. The van der Waals surface area contributed by atoms with E-state index >= 15 is 0 Å². The molecule has 2 saturated heterocycles. The third-order valence-electron chi connectivity index (χ3n) is 5.33. The largest absolute Gasteiger partial charge is 0.373 e. The van der Waals surface area contributed by atoms with E-state index in [-0.39, 0.29) is 36.1 Å². The molecule has 0 bridgehead atoms. The van der Waals surface area contributed by atoms with Gasteiger partial charge in [0.25, 0.3) is 0 Å². The van der Waals surface area contributed by atoms with Crippen molar-refractivity contribution in [3.8, 4) is 0 Å². The smallest absolute Gasteiger partial charge is 0.246 e. The predicted octanol–water partition coefficient (Wildman–Crippen LogP) is 1.07. The van der Waals surface area contributed by atoms with Gasteiger partial charge in [-0.3, -0.25) is 9.59 Å². The van der Waals surface area contributed by atoms with Gasteiger partial charge >= 0.3 is 0 Å². The fourth-order valence-electron chi connectivity index (χ4n) is 3.83. The molecule has 116 valence electrons. The molecule has 0 radical (unpaired) electrons. The number of rotatable bonds is 4. The Hall–Kier alpha value is -1.10. The van der Waals surface area contributed by atoms with E-state index < -0.39 is 0 Å². The third-order valence-corrected chi connectivity index (χ3v) is 5.33. The van der Waals surface area contributed by atoms with E-state index in [9.17, 15) is 9.59 Å². The van der Waals surface area contributed by atoms with E-state index in [2.05, 4.69) is 12.2 Å². The van der Waals surface area contributed by atoms with Crippen LogP contribution in [0.1, 0.15) is 45.4 Å². The molecule has 0 aromatic rings. The molecule has 0 aromatic heterocycles. The van der Waals surface area contributed by atoms with Crippen LogP contribution in [-0.2, 0) is 14.3 Å². The molecule has 0 spiro atoms. The molecular weight excluding hydrogens is 268 g/mol. The second-order valence-corrected chi connectivity index (χ2v) is 7.24. The molecule has 2 heterocycles. The molecule has 4 atom stereocenters. The first kappa shape index (κ1) is 13.6. The van der Waals surface area contributed by atoms with Crippen molar-refractivity contribution in [1.29, 1.82) is 0 Å². The lowest BCUT2D eigenvalue weighted by Crippen LogP contribution is -2.65. The zero-order valence-electron chi connectivity index (χ0n) is 12.6. The van der Waals surface area contributed by atoms with Gasteiger partial charge in [-0.15, -0.1) is 0 Å². The molecule has 2 aliphatic carbocycles. The van der Waals surface area contributed by atoms with E-state index in [4.69, 9.17) is 4.74 Å². The van der Waals surface area contributed by atoms with Crippen molar-refractivity contribution in [2.45, 2.75) is 69.7 Å². The summed E-state index contributed by atoms with van der Waals surface area (Å²) in [5.41, 5.74) is 0. The summed E-state index contributed by atoms with van der Waals surface area (Å²) >= 11 is 0. The zero-order valence-corrected chi connectivity index (χ0v) is 12.6. The molecule has 4 fully saturated rings. The van der Waals surface area contributed by atoms with Crippen LogP contribution in [-0.4, -0.2) is 47.6 Å².